The summed E-state index contributed by atoms with van der Waals surface area (Å²) in [5.74, 6) is -0.119. The van der Waals surface area contributed by atoms with E-state index in [2.05, 4.69) is 16.5 Å². The van der Waals surface area contributed by atoms with Crippen molar-refractivity contribution in [1.82, 2.24) is 9.80 Å². The van der Waals surface area contributed by atoms with Gasteiger partial charge in [0.15, 0.2) is 0 Å². The van der Waals surface area contributed by atoms with Crippen LogP contribution in [0.25, 0.3) is 0 Å². The fraction of sp³-hybridized carbons (Fsp3) is 0.500. The molecule has 1 saturated heterocycles. The average molecular weight is 346 g/mol. The smallest absolute Gasteiger partial charge is 0.255 e. The average Bonchev–Trinajstić information content (AvgIpc) is 2.45. The van der Waals surface area contributed by atoms with Gasteiger partial charge in [0.05, 0.1) is 16.8 Å². The number of halogens is 1. The van der Waals surface area contributed by atoms with E-state index < -0.39 is 10.0 Å². The number of rotatable bonds is 4. The third kappa shape index (κ3) is 4.34. The predicted molar refractivity (Wildman–Crippen MR) is 87.9 cm³/mol. The number of nitrogens with zero attached hydrogens (tertiary/aromatic N) is 2. The van der Waals surface area contributed by atoms with Crippen molar-refractivity contribution in [1.29, 1.82) is 0 Å². The topological polar surface area (TPSA) is 69.7 Å². The number of carbonyl (C=O) groups excluding carboxylic acids is 1. The molecule has 1 aliphatic heterocycles. The van der Waals surface area contributed by atoms with E-state index in [1.165, 1.54) is 6.07 Å². The second-order valence-corrected chi connectivity index (χ2v) is 7.45. The van der Waals surface area contributed by atoms with Crippen molar-refractivity contribution in [2.45, 2.75) is 6.92 Å². The van der Waals surface area contributed by atoms with Crippen LogP contribution in [0.5, 0.6) is 0 Å². The molecule has 0 saturated carbocycles. The number of likely N-dealkylation sites (N-methyl/N-ethyl adjacent to an activating group) is 1. The maximum Gasteiger partial charge on any atom is 0.255 e. The normalized spacial score (nSPS) is 16.6. The first-order chi connectivity index (χ1) is 10.3. The molecule has 0 radical (unpaired) electrons. The highest BCUT2D eigenvalue weighted by Crippen LogP contribution is 2.23. The highest BCUT2D eigenvalue weighted by molar-refractivity contribution is 7.92. The number of benzene rings is 1. The standard InChI is InChI=1S/C14H20ClN3O3S/c1-3-17-6-8-18(9-7-17)14(19)12-5-4-11(10-13(12)15)16-22(2,20)21/h4-5,10,16H,3,6-9H2,1-2H3. The molecule has 122 valence electrons. The summed E-state index contributed by atoms with van der Waals surface area (Å²) in [4.78, 5) is 16.6. The third-order valence-corrected chi connectivity index (χ3v) is 4.53. The molecule has 22 heavy (non-hydrogen) atoms. The molecule has 1 aromatic rings. The molecule has 1 heterocycles. The lowest BCUT2D eigenvalue weighted by atomic mass is 10.1. The summed E-state index contributed by atoms with van der Waals surface area (Å²) >= 11 is 6.14. The number of carbonyl (C=O) groups is 1. The molecule has 1 fully saturated rings. The van der Waals surface area contributed by atoms with Crippen LogP contribution in [0.2, 0.25) is 5.02 Å². The fourth-order valence-corrected chi connectivity index (χ4v) is 3.22. The molecule has 0 bridgehead atoms. The Morgan fingerprint density at radius 3 is 2.41 bits per heavy atom. The molecule has 8 heteroatoms. The van der Waals surface area contributed by atoms with E-state index in [0.717, 1.165) is 25.9 Å². The number of amides is 1. The van der Waals surface area contributed by atoms with Crippen molar-refractivity contribution in [2.24, 2.45) is 0 Å². The zero-order valence-corrected chi connectivity index (χ0v) is 14.2. The van der Waals surface area contributed by atoms with Gasteiger partial charge in [0.2, 0.25) is 10.0 Å². The molecule has 1 aromatic carbocycles. The Morgan fingerprint density at radius 1 is 1.27 bits per heavy atom. The summed E-state index contributed by atoms with van der Waals surface area (Å²) in [6.45, 7) is 6.14. The molecular weight excluding hydrogens is 326 g/mol. The van der Waals surface area contributed by atoms with E-state index in [-0.39, 0.29) is 10.9 Å². The fourth-order valence-electron chi connectivity index (χ4n) is 2.40. The van der Waals surface area contributed by atoms with Gasteiger partial charge in [0.25, 0.3) is 5.91 Å². The highest BCUT2D eigenvalue weighted by Gasteiger charge is 2.23. The Bertz CT molecular complexity index is 655. The first-order valence-corrected chi connectivity index (χ1v) is 9.36. The summed E-state index contributed by atoms with van der Waals surface area (Å²) < 4.78 is 24.7. The Kier molecular flexibility index (Phi) is 5.31. The number of anilines is 1. The summed E-state index contributed by atoms with van der Waals surface area (Å²) in [6, 6.07) is 4.56. The van der Waals surface area contributed by atoms with E-state index >= 15 is 0 Å². The van der Waals surface area contributed by atoms with Crippen LogP contribution in [0.4, 0.5) is 5.69 Å². The van der Waals surface area contributed by atoms with Crippen LogP contribution in [-0.4, -0.2) is 63.1 Å². The Balaban J connectivity index is 2.11. The van der Waals surface area contributed by atoms with Gasteiger partial charge in [-0.3, -0.25) is 9.52 Å². The van der Waals surface area contributed by atoms with Crippen LogP contribution in [0, 0.1) is 0 Å². The number of nitrogens with one attached hydrogen (secondary N) is 1. The zero-order chi connectivity index (χ0) is 16.3. The highest BCUT2D eigenvalue weighted by atomic mass is 35.5. The Morgan fingerprint density at radius 2 is 1.91 bits per heavy atom. The molecule has 2 rings (SSSR count). The number of hydrogen-bond acceptors (Lipinski definition) is 4. The van der Waals surface area contributed by atoms with Crippen molar-refractivity contribution in [2.75, 3.05) is 43.7 Å². The van der Waals surface area contributed by atoms with Crippen LogP contribution >= 0.6 is 11.6 Å². The van der Waals surface area contributed by atoms with Crippen molar-refractivity contribution in [3.8, 4) is 0 Å². The Hall–Kier alpha value is -1.31. The molecular formula is C14H20ClN3O3S. The van der Waals surface area contributed by atoms with Gasteiger partial charge in [0.1, 0.15) is 0 Å². The molecule has 1 amide bonds. The minimum Gasteiger partial charge on any atom is -0.336 e. The SMILES string of the molecule is CCN1CCN(C(=O)c2ccc(NS(C)(=O)=O)cc2Cl)CC1. The summed E-state index contributed by atoms with van der Waals surface area (Å²) in [5.41, 5.74) is 0.741. The predicted octanol–water partition coefficient (Wildman–Crippen LogP) is 1.49. The van der Waals surface area contributed by atoms with Crippen LogP contribution in [0.15, 0.2) is 18.2 Å². The molecule has 6 nitrogen and oxygen atoms in total. The summed E-state index contributed by atoms with van der Waals surface area (Å²) in [6.07, 6.45) is 1.06. The van der Waals surface area contributed by atoms with Gasteiger partial charge in [0, 0.05) is 31.9 Å². The first kappa shape index (κ1) is 17.1. The molecule has 1 aliphatic rings. The number of hydrogen-bond donors (Lipinski definition) is 1. The van der Waals surface area contributed by atoms with Gasteiger partial charge < -0.3 is 9.80 Å². The maximum atomic E-state index is 12.5. The van der Waals surface area contributed by atoms with Gasteiger partial charge in [-0.1, -0.05) is 18.5 Å². The first-order valence-electron chi connectivity index (χ1n) is 7.09. The molecule has 0 unspecified atom stereocenters. The lowest BCUT2D eigenvalue weighted by Crippen LogP contribution is -2.48. The number of sulfonamides is 1. The molecule has 0 atom stereocenters. The minimum absolute atomic E-state index is 0.119. The van der Waals surface area contributed by atoms with E-state index in [0.29, 0.717) is 24.3 Å². The van der Waals surface area contributed by atoms with Crippen molar-refractivity contribution < 1.29 is 13.2 Å². The van der Waals surface area contributed by atoms with Crippen molar-refractivity contribution in [3.63, 3.8) is 0 Å². The van der Waals surface area contributed by atoms with E-state index in [9.17, 15) is 13.2 Å². The van der Waals surface area contributed by atoms with Crippen molar-refractivity contribution in [3.05, 3.63) is 28.8 Å². The monoisotopic (exact) mass is 345 g/mol. The minimum atomic E-state index is -3.37. The molecule has 0 aliphatic carbocycles. The largest absolute Gasteiger partial charge is 0.336 e. The van der Waals surface area contributed by atoms with Crippen LogP contribution < -0.4 is 4.72 Å². The second kappa shape index (κ2) is 6.85. The zero-order valence-electron chi connectivity index (χ0n) is 12.7. The van der Waals surface area contributed by atoms with Crippen molar-refractivity contribution >= 4 is 33.2 Å². The van der Waals surface area contributed by atoms with Gasteiger partial charge in [-0.15, -0.1) is 0 Å². The molecule has 0 spiro atoms. The van der Waals surface area contributed by atoms with Crippen LogP contribution in [-0.2, 0) is 10.0 Å². The number of piperazine rings is 1. The van der Waals surface area contributed by atoms with E-state index in [4.69, 9.17) is 11.6 Å². The van der Waals surface area contributed by atoms with Gasteiger partial charge >= 0.3 is 0 Å². The van der Waals surface area contributed by atoms with Gasteiger partial charge in [-0.25, -0.2) is 8.42 Å². The summed E-state index contributed by atoms with van der Waals surface area (Å²) in [5, 5.41) is 0.247. The van der Waals surface area contributed by atoms with Crippen LogP contribution in [0.3, 0.4) is 0 Å². The lowest BCUT2D eigenvalue weighted by molar-refractivity contribution is 0.0643. The van der Waals surface area contributed by atoms with Gasteiger partial charge in [-0.05, 0) is 24.7 Å². The third-order valence-electron chi connectivity index (χ3n) is 3.61. The van der Waals surface area contributed by atoms with Gasteiger partial charge in [-0.2, -0.15) is 0 Å². The maximum absolute atomic E-state index is 12.5. The summed E-state index contributed by atoms with van der Waals surface area (Å²) in [7, 11) is -3.37. The Labute approximate surface area is 136 Å². The molecule has 1 N–H and O–H groups in total. The van der Waals surface area contributed by atoms with Crippen LogP contribution in [0.1, 0.15) is 17.3 Å². The second-order valence-electron chi connectivity index (χ2n) is 5.30. The molecule has 0 aromatic heterocycles. The van der Waals surface area contributed by atoms with E-state index in [1.807, 2.05) is 0 Å². The lowest BCUT2D eigenvalue weighted by Gasteiger charge is -2.34. The quantitative estimate of drug-likeness (QED) is 0.897. The van der Waals surface area contributed by atoms with E-state index in [1.54, 1.807) is 17.0 Å².